The molecular weight excluding hydrogens is 431 g/mol. The molecule has 1 aliphatic rings. The fourth-order valence-corrected chi connectivity index (χ4v) is 3.56. The highest BCUT2D eigenvalue weighted by atomic mass is 19.4. The number of piperidine rings is 1. The number of hydrogen-bond acceptors (Lipinski definition) is 5. The fraction of sp³-hybridized carbons (Fsp3) is 0.250. The largest absolute Gasteiger partial charge is 0.416 e. The van der Waals surface area contributed by atoms with E-state index in [1.807, 2.05) is 30.3 Å². The molecule has 1 saturated heterocycles. The molecule has 33 heavy (non-hydrogen) atoms. The standard InChI is InChI=1S/C24H22F3N5O/c25-24(26,27)19-11-7-8-17(14-19)16-28-31-22(33)21-15-20(18-9-3-1-4-10-18)29-23(30-21)32-12-5-2-6-13-32/h1,3-4,7-11,14-16H,2,5-6,12-13H2,(H,31,33)/b28-16+. The number of anilines is 1. The number of benzene rings is 2. The fourth-order valence-electron chi connectivity index (χ4n) is 3.56. The first-order valence-corrected chi connectivity index (χ1v) is 10.6. The van der Waals surface area contributed by atoms with Crippen LogP contribution in [0, 0.1) is 0 Å². The predicted molar refractivity (Wildman–Crippen MR) is 120 cm³/mol. The zero-order chi connectivity index (χ0) is 23.3. The van der Waals surface area contributed by atoms with Gasteiger partial charge in [0.25, 0.3) is 5.91 Å². The topological polar surface area (TPSA) is 70.5 Å². The van der Waals surface area contributed by atoms with Crippen LogP contribution in [0.25, 0.3) is 11.3 Å². The molecule has 1 fully saturated rings. The van der Waals surface area contributed by atoms with Crippen LogP contribution in [-0.4, -0.2) is 35.2 Å². The Morgan fingerprint density at radius 1 is 0.970 bits per heavy atom. The lowest BCUT2D eigenvalue weighted by Gasteiger charge is -2.27. The van der Waals surface area contributed by atoms with Gasteiger partial charge in [-0.3, -0.25) is 4.79 Å². The van der Waals surface area contributed by atoms with Gasteiger partial charge >= 0.3 is 6.18 Å². The number of hydrazone groups is 1. The van der Waals surface area contributed by atoms with Crippen molar-refractivity contribution >= 4 is 18.1 Å². The number of carbonyl (C=O) groups is 1. The molecule has 0 spiro atoms. The van der Waals surface area contributed by atoms with Crippen LogP contribution in [-0.2, 0) is 6.18 Å². The summed E-state index contributed by atoms with van der Waals surface area (Å²) in [6, 6.07) is 15.7. The molecule has 0 bridgehead atoms. The van der Waals surface area contributed by atoms with E-state index in [1.165, 1.54) is 12.1 Å². The van der Waals surface area contributed by atoms with Crippen molar-refractivity contribution < 1.29 is 18.0 Å². The number of nitrogens with zero attached hydrogens (tertiary/aromatic N) is 4. The summed E-state index contributed by atoms with van der Waals surface area (Å²) in [6.07, 6.45) is -0.0827. The molecule has 1 aliphatic heterocycles. The summed E-state index contributed by atoms with van der Waals surface area (Å²) in [5.41, 5.74) is 3.37. The van der Waals surface area contributed by atoms with Gasteiger partial charge in [-0.25, -0.2) is 15.4 Å². The maximum atomic E-state index is 12.9. The van der Waals surface area contributed by atoms with Gasteiger partial charge in [0.05, 0.1) is 17.5 Å². The lowest BCUT2D eigenvalue weighted by Crippen LogP contribution is -2.32. The first-order chi connectivity index (χ1) is 15.9. The zero-order valence-electron chi connectivity index (χ0n) is 17.7. The van der Waals surface area contributed by atoms with Crippen molar-refractivity contribution in [2.24, 2.45) is 5.10 Å². The monoisotopic (exact) mass is 453 g/mol. The normalized spacial score (nSPS) is 14.5. The molecule has 1 amide bonds. The molecule has 0 unspecified atom stereocenters. The molecular formula is C24H22F3N5O. The van der Waals surface area contributed by atoms with E-state index in [0.29, 0.717) is 11.6 Å². The summed E-state index contributed by atoms with van der Waals surface area (Å²) in [5.74, 6) is -0.0980. The zero-order valence-corrected chi connectivity index (χ0v) is 17.7. The molecule has 1 N–H and O–H groups in total. The van der Waals surface area contributed by atoms with Gasteiger partial charge in [-0.1, -0.05) is 42.5 Å². The van der Waals surface area contributed by atoms with E-state index in [2.05, 4.69) is 25.4 Å². The quantitative estimate of drug-likeness (QED) is 0.440. The minimum absolute atomic E-state index is 0.130. The lowest BCUT2D eigenvalue weighted by molar-refractivity contribution is -0.137. The van der Waals surface area contributed by atoms with E-state index >= 15 is 0 Å². The van der Waals surface area contributed by atoms with Crippen LogP contribution >= 0.6 is 0 Å². The first kappa shape index (κ1) is 22.4. The molecule has 0 saturated carbocycles. The second-order valence-corrected chi connectivity index (χ2v) is 7.67. The van der Waals surface area contributed by atoms with Crippen molar-refractivity contribution in [2.45, 2.75) is 25.4 Å². The lowest BCUT2D eigenvalue weighted by atomic mass is 10.1. The number of halogens is 3. The highest BCUT2D eigenvalue weighted by molar-refractivity contribution is 5.94. The number of nitrogens with one attached hydrogen (secondary N) is 1. The molecule has 0 atom stereocenters. The summed E-state index contributed by atoms with van der Waals surface area (Å²) in [5, 5.41) is 3.82. The third-order valence-electron chi connectivity index (χ3n) is 5.25. The van der Waals surface area contributed by atoms with E-state index in [0.717, 1.165) is 56.3 Å². The molecule has 4 rings (SSSR count). The molecule has 9 heteroatoms. The average molecular weight is 453 g/mol. The van der Waals surface area contributed by atoms with Gasteiger partial charge in [0, 0.05) is 18.7 Å². The second kappa shape index (κ2) is 9.81. The summed E-state index contributed by atoms with van der Waals surface area (Å²) < 4.78 is 38.6. The molecule has 3 aromatic rings. The van der Waals surface area contributed by atoms with Crippen molar-refractivity contribution in [3.63, 3.8) is 0 Å². The number of amides is 1. The predicted octanol–water partition coefficient (Wildman–Crippen LogP) is 4.92. The van der Waals surface area contributed by atoms with Crippen molar-refractivity contribution in [3.8, 4) is 11.3 Å². The molecule has 1 aromatic heterocycles. The summed E-state index contributed by atoms with van der Waals surface area (Å²) >= 11 is 0. The summed E-state index contributed by atoms with van der Waals surface area (Å²) in [4.78, 5) is 23.9. The first-order valence-electron chi connectivity index (χ1n) is 10.6. The minimum Gasteiger partial charge on any atom is -0.341 e. The smallest absolute Gasteiger partial charge is 0.341 e. The third kappa shape index (κ3) is 5.74. The van der Waals surface area contributed by atoms with Crippen molar-refractivity contribution in [2.75, 3.05) is 18.0 Å². The Bertz CT molecular complexity index is 1140. The van der Waals surface area contributed by atoms with Gasteiger partial charge in [-0.2, -0.15) is 18.3 Å². The number of carbonyl (C=O) groups excluding carboxylic acids is 1. The maximum absolute atomic E-state index is 12.9. The van der Waals surface area contributed by atoms with Crippen LogP contribution in [0.4, 0.5) is 19.1 Å². The third-order valence-corrected chi connectivity index (χ3v) is 5.25. The van der Waals surface area contributed by atoms with Crippen LogP contribution in [0.2, 0.25) is 0 Å². The number of rotatable bonds is 5. The SMILES string of the molecule is O=C(N/N=C/c1cccc(C(F)(F)F)c1)c1cc(-c2ccccc2)nc(N2CCCCC2)n1. The van der Waals surface area contributed by atoms with Crippen molar-refractivity contribution in [1.29, 1.82) is 0 Å². The Balaban J connectivity index is 1.57. The Morgan fingerprint density at radius 3 is 2.45 bits per heavy atom. The second-order valence-electron chi connectivity index (χ2n) is 7.67. The Morgan fingerprint density at radius 2 is 1.73 bits per heavy atom. The average Bonchev–Trinajstić information content (AvgIpc) is 2.84. The van der Waals surface area contributed by atoms with E-state index in [4.69, 9.17) is 0 Å². The summed E-state index contributed by atoms with van der Waals surface area (Å²) in [6.45, 7) is 1.63. The van der Waals surface area contributed by atoms with E-state index in [9.17, 15) is 18.0 Å². The van der Waals surface area contributed by atoms with Crippen LogP contribution in [0.1, 0.15) is 40.9 Å². The van der Waals surface area contributed by atoms with Crippen LogP contribution in [0.3, 0.4) is 0 Å². The Labute approximate surface area is 189 Å². The summed E-state index contributed by atoms with van der Waals surface area (Å²) in [7, 11) is 0. The number of hydrogen-bond donors (Lipinski definition) is 1. The van der Waals surface area contributed by atoms with E-state index in [1.54, 1.807) is 6.07 Å². The maximum Gasteiger partial charge on any atom is 0.416 e. The van der Waals surface area contributed by atoms with E-state index < -0.39 is 17.6 Å². The van der Waals surface area contributed by atoms with Gasteiger partial charge in [0.15, 0.2) is 0 Å². The molecule has 0 radical (unpaired) electrons. The van der Waals surface area contributed by atoms with Crippen molar-refractivity contribution in [1.82, 2.24) is 15.4 Å². The molecule has 170 valence electrons. The Hall–Kier alpha value is -3.75. The van der Waals surface area contributed by atoms with Crippen LogP contribution < -0.4 is 10.3 Å². The van der Waals surface area contributed by atoms with E-state index in [-0.39, 0.29) is 11.3 Å². The van der Waals surface area contributed by atoms with Crippen LogP contribution in [0.15, 0.2) is 65.8 Å². The van der Waals surface area contributed by atoms with Gasteiger partial charge < -0.3 is 4.90 Å². The van der Waals surface area contributed by atoms with Gasteiger partial charge in [0.1, 0.15) is 5.69 Å². The Kier molecular flexibility index (Phi) is 6.67. The molecule has 6 nitrogen and oxygen atoms in total. The highest BCUT2D eigenvalue weighted by Gasteiger charge is 2.30. The van der Waals surface area contributed by atoms with Crippen LogP contribution in [0.5, 0.6) is 0 Å². The molecule has 0 aliphatic carbocycles. The van der Waals surface area contributed by atoms with Gasteiger partial charge in [-0.15, -0.1) is 0 Å². The molecule has 2 aromatic carbocycles. The highest BCUT2D eigenvalue weighted by Crippen LogP contribution is 2.29. The number of alkyl halides is 3. The van der Waals surface area contributed by atoms with Crippen molar-refractivity contribution in [3.05, 3.63) is 77.5 Å². The van der Waals surface area contributed by atoms with Gasteiger partial charge in [-0.05, 0) is 43.0 Å². The molecule has 2 heterocycles. The minimum atomic E-state index is -4.45. The van der Waals surface area contributed by atoms with Gasteiger partial charge in [0.2, 0.25) is 5.95 Å². The number of aromatic nitrogens is 2.